The molecule has 10 heteroatoms. The molecule has 0 bridgehead atoms. The summed E-state index contributed by atoms with van der Waals surface area (Å²) >= 11 is 0. The first kappa shape index (κ1) is 27.1. The zero-order valence-electron chi connectivity index (χ0n) is 19.6. The van der Waals surface area contributed by atoms with E-state index in [9.17, 15) is 27.5 Å². The number of hydrogen-bond donors (Lipinski definition) is 4. The molecule has 0 fully saturated rings. The van der Waals surface area contributed by atoms with Gasteiger partial charge in [-0.3, -0.25) is 4.79 Å². The van der Waals surface area contributed by atoms with E-state index in [1.807, 2.05) is 25.1 Å². The molecule has 6 nitrogen and oxygen atoms in total. The molecule has 0 saturated heterocycles. The summed E-state index contributed by atoms with van der Waals surface area (Å²) in [5.74, 6) is -1.32. The van der Waals surface area contributed by atoms with Crippen molar-refractivity contribution >= 4 is 11.7 Å². The Morgan fingerprint density at radius 2 is 1.83 bits per heavy atom. The minimum Gasteiger partial charge on any atom is -0.387 e. The highest BCUT2D eigenvalue weighted by atomic mass is 19.4. The molecule has 1 heterocycles. The number of nitrogens with two attached hydrogens (primary N) is 1. The summed E-state index contributed by atoms with van der Waals surface area (Å²) in [6, 6.07) is 13.5. The number of pyridine rings is 1. The van der Waals surface area contributed by atoms with E-state index < -0.39 is 23.7 Å². The lowest BCUT2D eigenvalue weighted by molar-refractivity contribution is -0.140. The van der Waals surface area contributed by atoms with E-state index in [-0.39, 0.29) is 30.5 Å². The summed E-state index contributed by atoms with van der Waals surface area (Å²) in [4.78, 5) is 16.3. The zero-order valence-corrected chi connectivity index (χ0v) is 19.6. The molecule has 36 heavy (non-hydrogen) atoms. The minimum absolute atomic E-state index is 0.0417. The average Bonchev–Trinajstić information content (AvgIpc) is 2.81. The predicted molar refractivity (Wildman–Crippen MR) is 128 cm³/mol. The maximum Gasteiger partial charge on any atom is 0.419 e. The third-order valence-electron chi connectivity index (χ3n) is 5.58. The largest absolute Gasteiger partial charge is 0.419 e. The molecule has 2 atom stereocenters. The maximum absolute atomic E-state index is 13.7. The molecular formula is C26H28F4N4O2. The number of aromatic nitrogens is 1. The molecule has 3 rings (SSSR count). The number of nitrogen functional groups attached to an aromatic ring is 1. The fourth-order valence-electron chi connectivity index (χ4n) is 3.68. The number of anilines is 1. The molecule has 3 aromatic rings. The summed E-state index contributed by atoms with van der Waals surface area (Å²) in [5, 5.41) is 16.2. The topological polar surface area (TPSA) is 100 Å². The zero-order chi connectivity index (χ0) is 26.3. The highest BCUT2D eigenvalue weighted by molar-refractivity contribution is 5.78. The number of aliphatic hydroxyl groups excluding tert-OH is 1. The van der Waals surface area contributed by atoms with Crippen molar-refractivity contribution in [2.24, 2.45) is 0 Å². The molecule has 0 aliphatic carbocycles. The Morgan fingerprint density at radius 3 is 2.50 bits per heavy atom. The summed E-state index contributed by atoms with van der Waals surface area (Å²) in [6.45, 7) is 2.23. The van der Waals surface area contributed by atoms with Gasteiger partial charge in [0.25, 0.3) is 0 Å². The van der Waals surface area contributed by atoms with Gasteiger partial charge in [-0.15, -0.1) is 0 Å². The maximum atomic E-state index is 13.7. The number of rotatable bonds is 10. The van der Waals surface area contributed by atoms with Crippen LogP contribution < -0.4 is 16.4 Å². The summed E-state index contributed by atoms with van der Waals surface area (Å²) < 4.78 is 51.7. The summed E-state index contributed by atoms with van der Waals surface area (Å²) in [7, 11) is 0. The Morgan fingerprint density at radius 1 is 1.08 bits per heavy atom. The van der Waals surface area contributed by atoms with Crippen LogP contribution in [0.3, 0.4) is 0 Å². The third-order valence-corrected chi connectivity index (χ3v) is 5.58. The number of alkyl halides is 3. The molecule has 1 amide bonds. The van der Waals surface area contributed by atoms with E-state index in [4.69, 9.17) is 5.73 Å². The molecule has 0 aliphatic rings. The quantitative estimate of drug-likeness (QED) is 0.314. The first-order valence-corrected chi connectivity index (χ1v) is 11.3. The number of amides is 1. The predicted octanol–water partition coefficient (Wildman–Crippen LogP) is 3.93. The van der Waals surface area contributed by atoms with E-state index in [1.54, 1.807) is 18.2 Å². The highest BCUT2D eigenvalue weighted by Crippen LogP contribution is 2.31. The van der Waals surface area contributed by atoms with Crippen molar-refractivity contribution < 1.29 is 27.5 Å². The Balaban J connectivity index is 1.47. The van der Waals surface area contributed by atoms with Crippen molar-refractivity contribution in [2.75, 3.05) is 12.3 Å². The highest BCUT2D eigenvalue weighted by Gasteiger charge is 2.33. The molecule has 192 valence electrons. The first-order valence-electron chi connectivity index (χ1n) is 11.3. The summed E-state index contributed by atoms with van der Waals surface area (Å²) in [6.07, 6.45) is -3.23. The number of nitrogens with one attached hydrogen (secondary N) is 2. The second kappa shape index (κ2) is 12.0. The van der Waals surface area contributed by atoms with Gasteiger partial charge in [-0.1, -0.05) is 36.4 Å². The number of aliphatic hydroxyl groups is 1. The number of carbonyl (C=O) groups excluding carboxylic acids is 1. The van der Waals surface area contributed by atoms with Gasteiger partial charge < -0.3 is 21.5 Å². The van der Waals surface area contributed by atoms with Gasteiger partial charge in [0.1, 0.15) is 11.6 Å². The minimum atomic E-state index is -4.77. The van der Waals surface area contributed by atoms with Crippen molar-refractivity contribution in [1.82, 2.24) is 15.6 Å². The number of benzene rings is 2. The Hall–Kier alpha value is -3.50. The lowest BCUT2D eigenvalue weighted by Gasteiger charge is -2.18. The average molecular weight is 505 g/mol. The van der Waals surface area contributed by atoms with E-state index >= 15 is 0 Å². The van der Waals surface area contributed by atoms with Crippen LogP contribution in [0.1, 0.15) is 40.8 Å². The van der Waals surface area contributed by atoms with Crippen molar-refractivity contribution in [2.45, 2.75) is 44.6 Å². The molecule has 0 aliphatic heterocycles. The van der Waals surface area contributed by atoms with Crippen LogP contribution in [0.2, 0.25) is 0 Å². The molecular weight excluding hydrogens is 476 g/mol. The van der Waals surface area contributed by atoms with E-state index in [1.165, 1.54) is 6.20 Å². The molecule has 1 aromatic heterocycles. The van der Waals surface area contributed by atoms with Crippen LogP contribution in [0.25, 0.3) is 0 Å². The number of nitrogens with zero attached hydrogens (tertiary/aromatic N) is 1. The SMILES string of the molecule is CC(Cc1cccc(CC(=O)NCc2ccc(C(F)(F)F)c(F)c2)c1)NC[C@@H](O)c1ccc(N)nc1. The van der Waals surface area contributed by atoms with Gasteiger partial charge in [-0.2, -0.15) is 13.2 Å². The van der Waals surface area contributed by atoms with E-state index in [2.05, 4.69) is 15.6 Å². The van der Waals surface area contributed by atoms with Gasteiger partial charge >= 0.3 is 6.18 Å². The van der Waals surface area contributed by atoms with Crippen molar-refractivity contribution in [3.63, 3.8) is 0 Å². The number of halogens is 4. The standard InChI is InChI=1S/C26H28F4N4O2/c1-16(32-15-23(35)20-6-8-24(31)33-14-20)9-17-3-2-4-18(10-17)12-25(36)34-13-19-5-7-21(22(27)11-19)26(28,29)30/h2-8,10-11,14,16,23,32,35H,9,12-13,15H2,1H3,(H2,31,33)(H,34,36)/t16?,23-/m1/s1. The smallest absolute Gasteiger partial charge is 0.387 e. The fourth-order valence-corrected chi connectivity index (χ4v) is 3.68. The van der Waals surface area contributed by atoms with E-state index in [0.717, 1.165) is 23.3 Å². The van der Waals surface area contributed by atoms with Gasteiger partial charge in [0.2, 0.25) is 5.91 Å². The van der Waals surface area contributed by atoms with Crippen LogP contribution >= 0.6 is 0 Å². The third kappa shape index (κ3) is 8.03. The van der Waals surface area contributed by atoms with Gasteiger partial charge in [0.05, 0.1) is 18.1 Å². The fraction of sp³-hybridized carbons (Fsp3) is 0.308. The van der Waals surface area contributed by atoms with Gasteiger partial charge in [-0.25, -0.2) is 9.37 Å². The van der Waals surface area contributed by atoms with E-state index in [0.29, 0.717) is 30.4 Å². The summed E-state index contributed by atoms with van der Waals surface area (Å²) in [5.41, 5.74) is 6.88. The van der Waals surface area contributed by atoms with Crippen LogP contribution in [0, 0.1) is 5.82 Å². The molecule has 5 N–H and O–H groups in total. The molecule has 0 radical (unpaired) electrons. The van der Waals surface area contributed by atoms with Crippen molar-refractivity contribution in [3.05, 3.63) is 94.4 Å². The lowest BCUT2D eigenvalue weighted by atomic mass is 10.0. The first-order chi connectivity index (χ1) is 17.0. The van der Waals surface area contributed by atoms with Crippen molar-refractivity contribution in [3.8, 4) is 0 Å². The lowest BCUT2D eigenvalue weighted by Crippen LogP contribution is -2.32. The van der Waals surface area contributed by atoms with Crippen LogP contribution in [-0.2, 0) is 30.4 Å². The van der Waals surface area contributed by atoms with Gasteiger partial charge in [-0.05, 0) is 48.2 Å². The van der Waals surface area contributed by atoms with Crippen LogP contribution in [-0.4, -0.2) is 28.6 Å². The van der Waals surface area contributed by atoms with Crippen molar-refractivity contribution in [1.29, 1.82) is 0 Å². The Labute approximate surface area is 206 Å². The number of hydrogen-bond acceptors (Lipinski definition) is 5. The van der Waals surface area contributed by atoms with Crippen LogP contribution in [0.15, 0.2) is 60.8 Å². The molecule has 0 saturated carbocycles. The molecule has 2 aromatic carbocycles. The van der Waals surface area contributed by atoms with Gasteiger partial charge in [0.15, 0.2) is 0 Å². The van der Waals surface area contributed by atoms with Crippen LogP contribution in [0.4, 0.5) is 23.4 Å². The van der Waals surface area contributed by atoms with Crippen LogP contribution in [0.5, 0.6) is 0 Å². The Bertz CT molecular complexity index is 1170. The second-order valence-corrected chi connectivity index (χ2v) is 8.63. The second-order valence-electron chi connectivity index (χ2n) is 8.63. The monoisotopic (exact) mass is 504 g/mol. The molecule has 1 unspecified atom stereocenters. The normalized spacial score (nSPS) is 13.3. The Kier molecular flexibility index (Phi) is 9.00. The number of carbonyl (C=O) groups is 1. The van der Waals surface area contributed by atoms with Gasteiger partial charge in [0, 0.05) is 30.9 Å². The molecule has 0 spiro atoms.